The largest absolute Gasteiger partial charge is 0.399 e. The Balaban J connectivity index is 3.19. The molecule has 0 atom stereocenters. The zero-order valence-corrected chi connectivity index (χ0v) is 12.5. The van der Waals surface area contributed by atoms with Crippen molar-refractivity contribution in [3.05, 3.63) is 71.1 Å². The molecule has 118 valence electrons. The molecule has 1 aromatic heterocycles. The second-order valence-corrected chi connectivity index (χ2v) is 4.51. The maximum Gasteiger partial charge on any atom is 0.163 e. The van der Waals surface area contributed by atoms with Crippen LogP contribution in [-0.4, -0.2) is 4.98 Å². The zero-order chi connectivity index (χ0) is 16.9. The van der Waals surface area contributed by atoms with Crippen LogP contribution in [0.15, 0.2) is 59.6 Å². The summed E-state index contributed by atoms with van der Waals surface area (Å²) in [6, 6.07) is 1.27. The summed E-state index contributed by atoms with van der Waals surface area (Å²) >= 11 is 0. The van der Waals surface area contributed by atoms with Crippen molar-refractivity contribution in [2.24, 2.45) is 17.2 Å². The molecule has 22 heavy (non-hydrogen) atoms. The molecule has 0 aliphatic rings. The van der Waals surface area contributed by atoms with Gasteiger partial charge in [-0.25, -0.2) is 8.78 Å². The van der Waals surface area contributed by atoms with Crippen LogP contribution in [0.25, 0.3) is 0 Å². The lowest BCUT2D eigenvalue weighted by Crippen LogP contribution is -2.12. The highest BCUT2D eigenvalue weighted by Crippen LogP contribution is 2.21. The maximum absolute atomic E-state index is 13.6. The molecular weight excluding hydrogens is 288 g/mol. The molecule has 0 spiro atoms. The number of hydrogen-bond acceptors (Lipinski definition) is 5. The van der Waals surface area contributed by atoms with Crippen LogP contribution >= 0.6 is 0 Å². The molecule has 0 amide bonds. The molecule has 1 rings (SSSR count). The summed E-state index contributed by atoms with van der Waals surface area (Å²) in [4.78, 5) is 3.90. The van der Waals surface area contributed by atoms with E-state index in [1.54, 1.807) is 19.9 Å². The molecule has 5 nitrogen and oxygen atoms in total. The van der Waals surface area contributed by atoms with Gasteiger partial charge in [0, 0.05) is 23.0 Å². The van der Waals surface area contributed by atoms with Gasteiger partial charge in [-0.3, -0.25) is 4.98 Å². The highest BCUT2D eigenvalue weighted by Gasteiger charge is 2.10. The molecule has 0 aromatic carbocycles. The van der Waals surface area contributed by atoms with Gasteiger partial charge < -0.3 is 22.5 Å². The summed E-state index contributed by atoms with van der Waals surface area (Å²) < 4.78 is 27.1. The topological polar surface area (TPSA) is 103 Å². The number of halogens is 2. The second-order valence-electron chi connectivity index (χ2n) is 4.51. The fraction of sp³-hybridized carbons (Fsp3) is 0.133. The van der Waals surface area contributed by atoms with Crippen molar-refractivity contribution in [3.8, 4) is 0 Å². The van der Waals surface area contributed by atoms with Gasteiger partial charge in [-0.05, 0) is 19.9 Å². The molecule has 1 heterocycles. The van der Waals surface area contributed by atoms with Crippen LogP contribution in [0.5, 0.6) is 0 Å². The smallest absolute Gasteiger partial charge is 0.163 e. The van der Waals surface area contributed by atoms with Gasteiger partial charge in [0.05, 0.1) is 17.6 Å². The minimum absolute atomic E-state index is 0.0949. The molecule has 0 aliphatic heterocycles. The third-order valence-corrected chi connectivity index (χ3v) is 2.78. The van der Waals surface area contributed by atoms with Crippen molar-refractivity contribution in [2.75, 3.05) is 5.32 Å². The Labute approximate surface area is 127 Å². The second kappa shape index (κ2) is 7.26. The van der Waals surface area contributed by atoms with Gasteiger partial charge in [-0.15, -0.1) is 0 Å². The first-order valence-electron chi connectivity index (χ1n) is 6.39. The molecular formula is C15H19F2N5. The Hall–Kier alpha value is -2.83. The quantitative estimate of drug-likeness (QED) is 0.625. The summed E-state index contributed by atoms with van der Waals surface area (Å²) in [6.07, 6.45) is 4.13. The summed E-state index contributed by atoms with van der Waals surface area (Å²) in [5.41, 5.74) is 17.4. The normalized spacial score (nSPS) is 12.0. The van der Waals surface area contributed by atoms with E-state index in [0.29, 0.717) is 11.4 Å². The van der Waals surface area contributed by atoms with Gasteiger partial charge in [0.2, 0.25) is 0 Å². The van der Waals surface area contributed by atoms with E-state index in [9.17, 15) is 8.78 Å². The molecule has 0 radical (unpaired) electrons. The molecule has 0 aliphatic carbocycles. The third-order valence-electron chi connectivity index (χ3n) is 2.78. The number of aromatic nitrogens is 1. The van der Waals surface area contributed by atoms with Crippen molar-refractivity contribution in [1.29, 1.82) is 0 Å². The number of aryl methyl sites for hydroxylation is 1. The first kappa shape index (κ1) is 17.2. The number of pyridine rings is 1. The lowest BCUT2D eigenvalue weighted by atomic mass is 10.1. The lowest BCUT2D eigenvalue weighted by molar-refractivity contribution is 0.610. The maximum atomic E-state index is 13.6. The van der Waals surface area contributed by atoms with Crippen molar-refractivity contribution in [1.82, 2.24) is 4.98 Å². The van der Waals surface area contributed by atoms with Crippen molar-refractivity contribution < 1.29 is 8.78 Å². The Morgan fingerprint density at radius 3 is 2.45 bits per heavy atom. The minimum Gasteiger partial charge on any atom is -0.399 e. The van der Waals surface area contributed by atoms with Gasteiger partial charge in [0.25, 0.3) is 0 Å². The number of nitrogens with two attached hydrogens (primary N) is 3. The number of nitrogens with zero attached hydrogens (tertiary/aromatic N) is 1. The average Bonchev–Trinajstić information content (AvgIpc) is 2.45. The summed E-state index contributed by atoms with van der Waals surface area (Å²) in [7, 11) is 0. The molecule has 0 bridgehead atoms. The molecule has 0 saturated heterocycles. The van der Waals surface area contributed by atoms with Crippen LogP contribution in [0.3, 0.4) is 0 Å². The summed E-state index contributed by atoms with van der Waals surface area (Å²) in [6.45, 7) is 6.83. The first-order valence-corrected chi connectivity index (χ1v) is 6.39. The van der Waals surface area contributed by atoms with Gasteiger partial charge >= 0.3 is 0 Å². The zero-order valence-electron chi connectivity index (χ0n) is 12.5. The number of allylic oxidation sites excluding steroid dienone is 3. The number of rotatable bonds is 5. The molecule has 0 fully saturated rings. The fourth-order valence-corrected chi connectivity index (χ4v) is 1.58. The SMILES string of the molecule is C=C(N)C(=C/C(F)=C(N)N)/C(=C\C)Nc1cnc(C)c(F)c1. The number of hydrogen-bond donors (Lipinski definition) is 4. The minimum atomic E-state index is -0.837. The van der Waals surface area contributed by atoms with Crippen molar-refractivity contribution >= 4 is 5.69 Å². The Morgan fingerprint density at radius 1 is 1.36 bits per heavy atom. The fourth-order valence-electron chi connectivity index (χ4n) is 1.58. The lowest BCUT2D eigenvalue weighted by Gasteiger charge is -2.15. The van der Waals surface area contributed by atoms with E-state index in [1.165, 1.54) is 12.3 Å². The predicted octanol–water partition coefficient (Wildman–Crippen LogP) is 2.30. The summed E-state index contributed by atoms with van der Waals surface area (Å²) in [5, 5.41) is 2.90. The Bertz CT molecular complexity index is 671. The van der Waals surface area contributed by atoms with Crippen molar-refractivity contribution in [3.63, 3.8) is 0 Å². The predicted molar refractivity (Wildman–Crippen MR) is 84.2 cm³/mol. The van der Waals surface area contributed by atoms with Crippen molar-refractivity contribution in [2.45, 2.75) is 13.8 Å². The highest BCUT2D eigenvalue weighted by molar-refractivity contribution is 5.57. The van der Waals surface area contributed by atoms with Crippen LogP contribution in [0.1, 0.15) is 12.6 Å². The molecule has 0 saturated carbocycles. The van der Waals surface area contributed by atoms with Gasteiger partial charge in [0.1, 0.15) is 11.6 Å². The van der Waals surface area contributed by atoms with Crippen LogP contribution < -0.4 is 22.5 Å². The average molecular weight is 307 g/mol. The van der Waals surface area contributed by atoms with E-state index in [-0.39, 0.29) is 17.0 Å². The standard InChI is InChI=1S/C15H19F2N5/c1-4-14(11(8(2)18)6-13(17)15(19)20)22-10-5-12(16)9(3)21-7-10/h4-7,22H,2,18-20H2,1,3H3/b11-6-,14-4+. The van der Waals surface area contributed by atoms with E-state index >= 15 is 0 Å². The molecule has 7 N–H and O–H groups in total. The van der Waals surface area contributed by atoms with Gasteiger partial charge in [-0.1, -0.05) is 12.7 Å². The highest BCUT2D eigenvalue weighted by atomic mass is 19.1. The monoisotopic (exact) mass is 307 g/mol. The Morgan fingerprint density at radius 2 is 2.00 bits per heavy atom. The number of nitrogens with one attached hydrogen (secondary N) is 1. The van der Waals surface area contributed by atoms with Gasteiger partial charge in [-0.2, -0.15) is 0 Å². The van der Waals surface area contributed by atoms with Crippen LogP contribution in [0.4, 0.5) is 14.5 Å². The third kappa shape index (κ3) is 4.34. The van der Waals surface area contributed by atoms with E-state index in [4.69, 9.17) is 17.2 Å². The Kier molecular flexibility index (Phi) is 5.68. The molecule has 7 heteroatoms. The van der Waals surface area contributed by atoms with Crippen LogP contribution in [0, 0.1) is 12.7 Å². The van der Waals surface area contributed by atoms with E-state index in [1.807, 2.05) is 0 Å². The molecule has 1 aromatic rings. The number of anilines is 1. The van der Waals surface area contributed by atoms with E-state index in [2.05, 4.69) is 16.9 Å². The molecule has 0 unspecified atom stereocenters. The van der Waals surface area contributed by atoms with E-state index < -0.39 is 17.5 Å². The van der Waals surface area contributed by atoms with E-state index in [0.717, 1.165) is 6.08 Å². The van der Waals surface area contributed by atoms with Crippen LogP contribution in [-0.2, 0) is 0 Å². The summed E-state index contributed by atoms with van der Waals surface area (Å²) in [5.74, 6) is -1.77. The van der Waals surface area contributed by atoms with Crippen LogP contribution in [0.2, 0.25) is 0 Å². The van der Waals surface area contributed by atoms with Gasteiger partial charge in [0.15, 0.2) is 5.83 Å². The first-order chi connectivity index (χ1) is 10.3.